The standard InChI is InChI=1S/C24H23ClF9N5O3/c1-3-41-11-39(14-5-6-14)20(40)15-8-12(4-7-16(15)25)13(9-35)10-36-19-17(42-21(26)27)18(37-38(19)2)22(28,23(29,30)31)24(32,33)34/h4,7-10,14,21,35-36H,3,5-6,11H2,1-2H3/b13-10+,35-9?. The van der Waals surface area contributed by atoms with E-state index in [0.29, 0.717) is 12.8 Å². The molecule has 3 rings (SSSR count). The van der Waals surface area contributed by atoms with Crippen LogP contribution in [-0.2, 0) is 17.5 Å². The van der Waals surface area contributed by atoms with Crippen LogP contribution in [0.4, 0.5) is 45.3 Å². The molecule has 1 aliphatic rings. The predicted molar refractivity (Wildman–Crippen MR) is 132 cm³/mol. The maximum atomic E-state index is 14.7. The van der Waals surface area contributed by atoms with Crippen molar-refractivity contribution < 1.29 is 53.8 Å². The van der Waals surface area contributed by atoms with Gasteiger partial charge in [0, 0.05) is 37.7 Å². The van der Waals surface area contributed by atoms with Crippen LogP contribution in [0.1, 0.15) is 41.4 Å². The van der Waals surface area contributed by atoms with Crippen LogP contribution >= 0.6 is 11.6 Å². The van der Waals surface area contributed by atoms with Gasteiger partial charge in [0.05, 0.1) is 10.6 Å². The first kappa shape index (κ1) is 33.0. The van der Waals surface area contributed by atoms with Gasteiger partial charge >= 0.3 is 24.6 Å². The highest BCUT2D eigenvalue weighted by Gasteiger charge is 2.76. The van der Waals surface area contributed by atoms with Gasteiger partial charge in [-0.3, -0.25) is 4.79 Å². The fourth-order valence-corrected chi connectivity index (χ4v) is 4.00. The van der Waals surface area contributed by atoms with E-state index in [-0.39, 0.29) is 39.2 Å². The smallest absolute Gasteiger partial charge is 0.429 e. The van der Waals surface area contributed by atoms with Crippen LogP contribution in [0.2, 0.25) is 5.02 Å². The van der Waals surface area contributed by atoms with Crippen molar-refractivity contribution in [3.63, 3.8) is 0 Å². The number of rotatable bonds is 12. The third-order valence-corrected chi connectivity index (χ3v) is 6.38. The molecule has 232 valence electrons. The van der Waals surface area contributed by atoms with Gasteiger partial charge in [0.15, 0.2) is 17.3 Å². The van der Waals surface area contributed by atoms with Crippen molar-refractivity contribution in [2.45, 2.75) is 50.4 Å². The molecule has 42 heavy (non-hydrogen) atoms. The number of carbonyl (C=O) groups excluding carboxylic acids is 1. The SMILES string of the molecule is CCOCN(C(=O)c1cc(/C(C=N)=C/Nc2c(OC(F)F)c(C(F)(C(F)(F)F)C(F)(F)F)nn2C)ccc1Cl)C1CC1. The van der Waals surface area contributed by atoms with E-state index in [1.54, 1.807) is 6.92 Å². The van der Waals surface area contributed by atoms with E-state index in [9.17, 15) is 44.3 Å². The number of aromatic nitrogens is 2. The first-order valence-electron chi connectivity index (χ1n) is 12.0. The van der Waals surface area contributed by atoms with Crippen molar-refractivity contribution in [3.05, 3.63) is 46.2 Å². The van der Waals surface area contributed by atoms with Gasteiger partial charge in [-0.15, -0.1) is 0 Å². The summed E-state index contributed by atoms with van der Waals surface area (Å²) in [6.45, 7) is -1.92. The van der Waals surface area contributed by atoms with Crippen molar-refractivity contribution in [2.75, 3.05) is 18.7 Å². The molecule has 18 heteroatoms. The average molecular weight is 636 g/mol. The molecule has 0 radical (unpaired) electrons. The number of hydrogen-bond donors (Lipinski definition) is 2. The zero-order valence-electron chi connectivity index (χ0n) is 21.7. The Balaban J connectivity index is 2.05. The lowest BCUT2D eigenvalue weighted by molar-refractivity contribution is -0.350. The maximum Gasteiger partial charge on any atom is 0.437 e. The summed E-state index contributed by atoms with van der Waals surface area (Å²) in [6, 6.07) is 3.85. The van der Waals surface area contributed by atoms with Gasteiger partial charge in [-0.05, 0) is 37.5 Å². The Hall–Kier alpha value is -3.47. The lowest BCUT2D eigenvalue weighted by Crippen LogP contribution is -2.51. The minimum absolute atomic E-state index is 0.00405. The van der Waals surface area contributed by atoms with Crippen LogP contribution in [-0.4, -0.2) is 65.1 Å². The van der Waals surface area contributed by atoms with Gasteiger partial charge < -0.3 is 25.1 Å². The van der Waals surface area contributed by atoms with E-state index in [2.05, 4.69) is 15.2 Å². The third-order valence-electron chi connectivity index (χ3n) is 6.05. The summed E-state index contributed by atoms with van der Waals surface area (Å²) in [5.74, 6) is -3.40. The first-order valence-corrected chi connectivity index (χ1v) is 12.4. The molecule has 0 aliphatic heterocycles. The van der Waals surface area contributed by atoms with Crippen LogP contribution in [0.3, 0.4) is 0 Å². The van der Waals surface area contributed by atoms with Crippen LogP contribution in [0.25, 0.3) is 5.57 Å². The van der Waals surface area contributed by atoms with Gasteiger partial charge in [0.25, 0.3) is 5.91 Å². The number of hydrogen-bond acceptors (Lipinski definition) is 6. The summed E-state index contributed by atoms with van der Waals surface area (Å²) in [5, 5.41) is 12.8. The van der Waals surface area contributed by atoms with Gasteiger partial charge in [-0.1, -0.05) is 17.7 Å². The van der Waals surface area contributed by atoms with Gasteiger partial charge in [0.1, 0.15) is 6.73 Å². The fourth-order valence-electron chi connectivity index (χ4n) is 3.80. The van der Waals surface area contributed by atoms with Crippen molar-refractivity contribution in [1.29, 1.82) is 5.41 Å². The van der Waals surface area contributed by atoms with Crippen LogP contribution in [0, 0.1) is 5.41 Å². The van der Waals surface area contributed by atoms with Gasteiger partial charge in [-0.25, -0.2) is 9.07 Å². The Morgan fingerprint density at radius 3 is 2.33 bits per heavy atom. The van der Waals surface area contributed by atoms with E-state index in [1.807, 2.05) is 0 Å². The normalized spacial score (nSPS) is 14.7. The first-order chi connectivity index (χ1) is 19.5. The monoisotopic (exact) mass is 635 g/mol. The third kappa shape index (κ3) is 6.61. The molecule has 1 aliphatic carbocycles. The Kier molecular flexibility index (Phi) is 9.76. The fraction of sp³-hybridized carbons (Fsp3) is 0.458. The highest BCUT2D eigenvalue weighted by molar-refractivity contribution is 6.34. The van der Waals surface area contributed by atoms with Crippen LogP contribution in [0.15, 0.2) is 24.4 Å². The molecular weight excluding hydrogens is 613 g/mol. The van der Waals surface area contributed by atoms with Crippen molar-refractivity contribution in [1.82, 2.24) is 14.7 Å². The summed E-state index contributed by atoms with van der Waals surface area (Å²) < 4.78 is 130. The Bertz CT molecular complexity index is 1330. The molecule has 1 amide bonds. The van der Waals surface area contributed by atoms with Crippen LogP contribution in [0.5, 0.6) is 5.75 Å². The number of allylic oxidation sites excluding steroid dienone is 1. The largest absolute Gasteiger partial charge is 0.437 e. The number of aryl methyl sites for hydroxylation is 1. The molecule has 1 aromatic heterocycles. The number of ether oxygens (including phenoxy) is 2. The molecule has 0 spiro atoms. The number of benzene rings is 1. The molecule has 1 aromatic carbocycles. The topological polar surface area (TPSA) is 92.5 Å². The second-order valence-corrected chi connectivity index (χ2v) is 9.30. The highest BCUT2D eigenvalue weighted by atomic mass is 35.5. The molecule has 0 saturated heterocycles. The summed E-state index contributed by atoms with van der Waals surface area (Å²) in [7, 11) is 0.749. The quantitative estimate of drug-likeness (QED) is 0.155. The molecule has 0 atom stereocenters. The minimum Gasteiger partial charge on any atom is -0.429 e. The molecular formula is C24H23ClF9N5O3. The van der Waals surface area contributed by atoms with Crippen molar-refractivity contribution in [3.8, 4) is 5.75 Å². The average Bonchev–Trinajstić information content (AvgIpc) is 3.68. The highest BCUT2D eigenvalue weighted by Crippen LogP contribution is 2.56. The van der Waals surface area contributed by atoms with Crippen molar-refractivity contribution >= 4 is 35.1 Å². The molecule has 0 unspecified atom stereocenters. The summed E-state index contributed by atoms with van der Waals surface area (Å²) in [6.07, 6.45) is -10.3. The number of carbonyl (C=O) groups is 1. The van der Waals surface area contributed by atoms with Gasteiger partial charge in [-0.2, -0.15) is 40.2 Å². The van der Waals surface area contributed by atoms with E-state index >= 15 is 0 Å². The summed E-state index contributed by atoms with van der Waals surface area (Å²) >= 11 is 6.23. The lowest BCUT2D eigenvalue weighted by Gasteiger charge is -2.28. The van der Waals surface area contributed by atoms with Crippen LogP contribution < -0.4 is 10.1 Å². The zero-order valence-corrected chi connectivity index (χ0v) is 22.5. The van der Waals surface area contributed by atoms with Crippen molar-refractivity contribution in [2.24, 2.45) is 7.05 Å². The molecule has 1 fully saturated rings. The van der Waals surface area contributed by atoms with Gasteiger partial charge in [0.2, 0.25) is 0 Å². The number of amides is 1. The maximum absolute atomic E-state index is 14.7. The minimum atomic E-state index is -6.66. The molecule has 1 saturated carbocycles. The Morgan fingerprint density at radius 1 is 1.21 bits per heavy atom. The van der Waals surface area contributed by atoms with E-state index in [1.165, 1.54) is 23.1 Å². The van der Waals surface area contributed by atoms with E-state index in [4.69, 9.17) is 21.7 Å². The van der Waals surface area contributed by atoms with E-state index < -0.39 is 47.8 Å². The summed E-state index contributed by atoms with van der Waals surface area (Å²) in [5.41, 5.74) is -8.72. The number of nitrogens with zero attached hydrogens (tertiary/aromatic N) is 3. The predicted octanol–water partition coefficient (Wildman–Crippen LogP) is 6.67. The molecule has 2 aromatic rings. The second kappa shape index (κ2) is 12.4. The Morgan fingerprint density at radius 2 is 1.83 bits per heavy atom. The number of nitrogens with one attached hydrogen (secondary N) is 2. The Labute approximate surface area is 237 Å². The number of alkyl halides is 9. The van der Waals surface area contributed by atoms with E-state index in [0.717, 1.165) is 26.1 Å². The molecule has 1 heterocycles. The zero-order chi connectivity index (χ0) is 31.6. The lowest BCUT2D eigenvalue weighted by atomic mass is 9.99. The molecule has 2 N–H and O–H groups in total. The number of anilines is 1. The second-order valence-electron chi connectivity index (χ2n) is 8.89. The molecule has 8 nitrogen and oxygen atoms in total. The number of halogens is 10. The summed E-state index contributed by atoms with van der Waals surface area (Å²) in [4.78, 5) is 14.7. The molecule has 0 bridgehead atoms.